The van der Waals surface area contributed by atoms with Crippen LogP contribution in [0.4, 0.5) is 11.6 Å². The van der Waals surface area contributed by atoms with Crippen molar-refractivity contribution in [3.8, 4) is 0 Å². The quantitative estimate of drug-likeness (QED) is 0.386. The van der Waals surface area contributed by atoms with Crippen LogP contribution in [0.15, 0.2) is 79.8 Å². The smallest absolute Gasteiger partial charge is 0.332 e. The van der Waals surface area contributed by atoms with Crippen LogP contribution in [-0.4, -0.2) is 23.9 Å². The van der Waals surface area contributed by atoms with Gasteiger partial charge in [-0.25, -0.2) is 9.59 Å². The summed E-state index contributed by atoms with van der Waals surface area (Å²) in [6.07, 6.45) is 2.50. The van der Waals surface area contributed by atoms with Gasteiger partial charge in [0.25, 0.3) is 11.1 Å². The molecule has 1 fully saturated rings. The number of fused-ring (bicyclic) bond motifs is 2. The molecule has 2 N–H and O–H groups in total. The van der Waals surface area contributed by atoms with Crippen LogP contribution in [0.3, 0.4) is 0 Å². The predicted molar refractivity (Wildman–Crippen MR) is 161 cm³/mol. The first-order valence-corrected chi connectivity index (χ1v) is 14.4. The van der Waals surface area contributed by atoms with Gasteiger partial charge in [0.2, 0.25) is 0 Å². The molecule has 0 saturated heterocycles. The van der Waals surface area contributed by atoms with Crippen molar-refractivity contribution in [2.45, 2.75) is 36.8 Å². The van der Waals surface area contributed by atoms with Crippen LogP contribution in [0.1, 0.15) is 53.4 Å². The Morgan fingerprint density at radius 2 is 0.976 bits per heavy atom. The maximum atomic E-state index is 13.9. The number of rotatable bonds is 2. The zero-order valence-corrected chi connectivity index (χ0v) is 24.1. The molecule has 10 heteroatoms. The molecule has 4 aromatic rings. The molecule has 7 rings (SSSR count). The van der Waals surface area contributed by atoms with Gasteiger partial charge in [0, 0.05) is 51.9 Å². The van der Waals surface area contributed by atoms with E-state index < -0.39 is 17.0 Å². The van der Waals surface area contributed by atoms with E-state index in [2.05, 4.69) is 10.6 Å². The van der Waals surface area contributed by atoms with Crippen molar-refractivity contribution in [2.24, 2.45) is 40.0 Å². The monoisotopic (exact) mass is 566 g/mol. The largest absolute Gasteiger partial charge is 0.348 e. The van der Waals surface area contributed by atoms with Crippen LogP contribution < -0.4 is 33.1 Å². The van der Waals surface area contributed by atoms with E-state index in [1.54, 1.807) is 14.1 Å². The van der Waals surface area contributed by atoms with Crippen molar-refractivity contribution < 1.29 is 0 Å². The fourth-order valence-electron chi connectivity index (χ4n) is 8.07. The van der Waals surface area contributed by atoms with Crippen molar-refractivity contribution in [1.29, 1.82) is 0 Å². The molecule has 42 heavy (non-hydrogen) atoms. The SMILES string of the molecule is Cn1c2c(c(=O)n(C)c1=O)[C@H](c1ccccc1)[C@H]1CCC[C@H]3[C@H](c4ccccc4)c4c(n(C)c(=O)n(C)c4=O)NC13N2. The Morgan fingerprint density at radius 3 is 1.36 bits per heavy atom. The molecule has 1 spiro atoms. The van der Waals surface area contributed by atoms with E-state index in [0.29, 0.717) is 22.8 Å². The van der Waals surface area contributed by atoms with Crippen LogP contribution in [0.2, 0.25) is 0 Å². The van der Waals surface area contributed by atoms with Gasteiger partial charge < -0.3 is 10.6 Å². The van der Waals surface area contributed by atoms with Gasteiger partial charge in [-0.15, -0.1) is 0 Å². The normalized spacial score (nSPS) is 25.7. The Bertz CT molecular complexity index is 1830. The van der Waals surface area contributed by atoms with Gasteiger partial charge in [-0.05, 0) is 24.0 Å². The van der Waals surface area contributed by atoms with Crippen LogP contribution >= 0.6 is 0 Å². The highest BCUT2D eigenvalue weighted by Gasteiger charge is 2.61. The van der Waals surface area contributed by atoms with Gasteiger partial charge >= 0.3 is 11.4 Å². The predicted octanol–water partition coefficient (Wildman–Crippen LogP) is 2.41. The Morgan fingerprint density at radius 1 is 0.595 bits per heavy atom. The summed E-state index contributed by atoms with van der Waals surface area (Å²) in [6, 6.07) is 20.0. The molecule has 2 aliphatic heterocycles. The van der Waals surface area contributed by atoms with Crippen LogP contribution in [0, 0.1) is 11.8 Å². The Labute approximate surface area is 241 Å². The van der Waals surface area contributed by atoms with Crippen LogP contribution in [0.25, 0.3) is 0 Å². The van der Waals surface area contributed by atoms with Crippen molar-refractivity contribution >= 4 is 11.6 Å². The van der Waals surface area contributed by atoms with E-state index in [1.807, 2.05) is 60.7 Å². The van der Waals surface area contributed by atoms with E-state index in [4.69, 9.17) is 0 Å². The zero-order valence-electron chi connectivity index (χ0n) is 24.1. The fraction of sp³-hybridized carbons (Fsp3) is 0.375. The molecule has 0 amide bonds. The lowest BCUT2D eigenvalue weighted by Crippen LogP contribution is -2.68. The lowest BCUT2D eigenvalue weighted by molar-refractivity contribution is 0.111. The lowest BCUT2D eigenvalue weighted by Gasteiger charge is -2.60. The Balaban J connectivity index is 1.59. The average Bonchev–Trinajstić information content (AvgIpc) is 3.02. The van der Waals surface area contributed by atoms with Crippen molar-refractivity contribution in [3.05, 3.63) is 125 Å². The second kappa shape index (κ2) is 9.20. The minimum Gasteiger partial charge on any atom is -0.348 e. The minimum atomic E-state index is -0.869. The van der Waals surface area contributed by atoms with E-state index in [0.717, 1.165) is 30.4 Å². The van der Waals surface area contributed by atoms with Crippen molar-refractivity contribution in [2.75, 3.05) is 10.6 Å². The molecule has 1 unspecified atom stereocenters. The van der Waals surface area contributed by atoms with Crippen molar-refractivity contribution in [3.63, 3.8) is 0 Å². The maximum absolute atomic E-state index is 13.9. The van der Waals surface area contributed by atoms with E-state index >= 15 is 0 Å². The molecular formula is C32H34N6O4. The lowest BCUT2D eigenvalue weighted by atomic mass is 9.56. The van der Waals surface area contributed by atoms with Gasteiger partial charge in [-0.3, -0.25) is 27.9 Å². The van der Waals surface area contributed by atoms with E-state index in [1.165, 1.54) is 32.4 Å². The number of anilines is 2. The maximum Gasteiger partial charge on any atom is 0.332 e. The second-order valence-corrected chi connectivity index (χ2v) is 12.0. The molecule has 10 nitrogen and oxygen atoms in total. The van der Waals surface area contributed by atoms with Gasteiger partial charge in [0.15, 0.2) is 0 Å². The molecule has 216 valence electrons. The number of benzene rings is 2. The molecule has 1 saturated carbocycles. The summed E-state index contributed by atoms with van der Waals surface area (Å²) in [4.78, 5) is 54.3. The molecule has 5 atom stereocenters. The van der Waals surface area contributed by atoms with E-state index in [9.17, 15) is 19.2 Å². The van der Waals surface area contributed by atoms with Crippen LogP contribution in [-0.2, 0) is 28.2 Å². The summed E-state index contributed by atoms with van der Waals surface area (Å²) in [5.41, 5.74) is 0.756. The fourth-order valence-corrected chi connectivity index (χ4v) is 8.07. The summed E-state index contributed by atoms with van der Waals surface area (Å²) in [5, 5.41) is 7.45. The molecule has 2 aromatic carbocycles. The summed E-state index contributed by atoms with van der Waals surface area (Å²) in [5.74, 6) is 0.0211. The molecule has 2 aromatic heterocycles. The highest BCUT2D eigenvalue weighted by molar-refractivity contribution is 5.64. The highest BCUT2D eigenvalue weighted by Crippen LogP contribution is 2.59. The van der Waals surface area contributed by atoms with Crippen LogP contribution in [0.5, 0.6) is 0 Å². The third kappa shape index (κ3) is 3.38. The number of nitrogens with one attached hydrogen (secondary N) is 2. The first-order chi connectivity index (χ1) is 20.2. The first kappa shape index (κ1) is 26.3. The Hall–Kier alpha value is -4.60. The minimum absolute atomic E-state index is 0.130. The summed E-state index contributed by atoms with van der Waals surface area (Å²) in [7, 11) is 6.41. The summed E-state index contributed by atoms with van der Waals surface area (Å²) in [6.45, 7) is 0. The van der Waals surface area contributed by atoms with Gasteiger partial charge in [0.1, 0.15) is 17.3 Å². The number of hydrogen-bond donors (Lipinski definition) is 2. The second-order valence-electron chi connectivity index (χ2n) is 12.0. The molecule has 4 heterocycles. The molecule has 0 bridgehead atoms. The average molecular weight is 567 g/mol. The standard InChI is InChI=1S/C32H34N6O4/c1-35-26-24(28(39)37(3)30(35)41)22(18-12-7-5-8-13-18)20-16-11-17-21-23(19-14-9-6-10-15-19)25-27(34-32(20,21)33-26)36(2)31(42)38(4)29(25)40/h5-10,12-15,20-23,33-34H,11,16-17H2,1-4H3/t20-,21+,22-,23+,32?. The van der Waals surface area contributed by atoms with Crippen molar-refractivity contribution in [1.82, 2.24) is 18.3 Å². The topological polar surface area (TPSA) is 112 Å². The molecule has 3 aliphatic rings. The summed E-state index contributed by atoms with van der Waals surface area (Å²) >= 11 is 0. The third-order valence-corrected chi connectivity index (χ3v) is 9.99. The van der Waals surface area contributed by atoms with Gasteiger partial charge in [0.05, 0.1) is 11.1 Å². The third-order valence-electron chi connectivity index (χ3n) is 9.99. The molecule has 1 aliphatic carbocycles. The van der Waals surface area contributed by atoms with Gasteiger partial charge in [-0.2, -0.15) is 0 Å². The zero-order chi connectivity index (χ0) is 29.5. The number of hydrogen-bond acceptors (Lipinski definition) is 6. The molecule has 0 radical (unpaired) electrons. The molecular weight excluding hydrogens is 532 g/mol. The highest BCUT2D eigenvalue weighted by atomic mass is 16.2. The Kier molecular flexibility index (Phi) is 5.77. The van der Waals surface area contributed by atoms with Gasteiger partial charge in [-0.1, -0.05) is 67.1 Å². The number of nitrogens with zero attached hydrogens (tertiary/aromatic N) is 4. The first-order valence-electron chi connectivity index (χ1n) is 14.4. The van der Waals surface area contributed by atoms with E-state index in [-0.39, 0.29) is 34.8 Å². The summed E-state index contributed by atoms with van der Waals surface area (Å²) < 4.78 is 5.39. The number of aromatic nitrogens is 4.